The third-order valence-electron chi connectivity index (χ3n) is 2.53. The summed E-state index contributed by atoms with van der Waals surface area (Å²) >= 11 is 0. The lowest BCUT2D eigenvalue weighted by Crippen LogP contribution is -2.38. The Morgan fingerprint density at radius 3 is 2.59 bits per heavy atom. The van der Waals surface area contributed by atoms with Crippen LogP contribution in [0.1, 0.15) is 6.42 Å². The first-order chi connectivity index (χ1) is 10.6. The van der Waals surface area contributed by atoms with Crippen LogP contribution in [0.5, 0.6) is 5.75 Å². The number of amides is 2. The van der Waals surface area contributed by atoms with E-state index in [1.807, 2.05) is 0 Å². The number of rotatable bonds is 10. The Morgan fingerprint density at radius 2 is 1.86 bits per heavy atom. The molecule has 124 valence electrons. The van der Waals surface area contributed by atoms with E-state index in [4.69, 9.17) is 14.6 Å². The molecule has 0 heterocycles. The molecule has 0 bridgehead atoms. The fraction of sp³-hybridized carbons (Fsp3) is 0.500. The molecule has 0 saturated heterocycles. The molecule has 0 spiro atoms. The first kappa shape index (κ1) is 18.1. The van der Waals surface area contributed by atoms with Crippen LogP contribution in [0.15, 0.2) is 18.2 Å². The van der Waals surface area contributed by atoms with E-state index in [2.05, 4.69) is 10.6 Å². The minimum Gasteiger partial charge on any atom is -0.492 e. The Balaban J connectivity index is 2.04. The minimum absolute atomic E-state index is 0.0220. The second-order valence-electron chi connectivity index (χ2n) is 4.30. The molecule has 3 N–H and O–H groups in total. The lowest BCUT2D eigenvalue weighted by molar-refractivity contribution is 0.0910. The van der Waals surface area contributed by atoms with Crippen molar-refractivity contribution >= 4 is 6.03 Å². The summed E-state index contributed by atoms with van der Waals surface area (Å²) < 4.78 is 35.8. The molecule has 0 atom stereocenters. The molecule has 0 aliphatic carbocycles. The zero-order chi connectivity index (χ0) is 16.2. The molecule has 22 heavy (non-hydrogen) atoms. The second kappa shape index (κ2) is 10.7. The van der Waals surface area contributed by atoms with Crippen molar-refractivity contribution in [1.82, 2.24) is 10.6 Å². The van der Waals surface area contributed by atoms with Crippen molar-refractivity contribution < 1.29 is 28.2 Å². The van der Waals surface area contributed by atoms with Gasteiger partial charge in [-0.1, -0.05) is 0 Å². The van der Waals surface area contributed by atoms with Gasteiger partial charge in [-0.05, 0) is 18.6 Å². The van der Waals surface area contributed by atoms with E-state index < -0.39 is 11.6 Å². The third-order valence-corrected chi connectivity index (χ3v) is 2.53. The first-order valence-corrected chi connectivity index (χ1v) is 6.91. The maximum absolute atomic E-state index is 12.9. The van der Waals surface area contributed by atoms with E-state index in [1.165, 1.54) is 6.07 Å². The molecule has 0 unspecified atom stereocenters. The third kappa shape index (κ3) is 7.75. The zero-order valence-corrected chi connectivity index (χ0v) is 12.1. The largest absolute Gasteiger partial charge is 0.492 e. The van der Waals surface area contributed by atoms with Gasteiger partial charge in [-0.3, -0.25) is 0 Å². The molecule has 0 radical (unpaired) electrons. The van der Waals surface area contributed by atoms with Crippen LogP contribution < -0.4 is 15.4 Å². The highest BCUT2D eigenvalue weighted by Gasteiger charge is 2.03. The van der Waals surface area contributed by atoms with Crippen LogP contribution in [0.25, 0.3) is 0 Å². The number of carbonyl (C=O) groups excluding carboxylic acids is 1. The Morgan fingerprint density at radius 1 is 1.09 bits per heavy atom. The van der Waals surface area contributed by atoms with Gasteiger partial charge in [-0.2, -0.15) is 0 Å². The number of aliphatic hydroxyl groups is 1. The molecule has 8 heteroatoms. The molecule has 0 aliphatic heterocycles. The Bertz CT molecular complexity index is 460. The SMILES string of the molecule is O=C(NCCCOCCO)NCCOc1ccc(F)c(F)c1. The monoisotopic (exact) mass is 318 g/mol. The highest BCUT2D eigenvalue weighted by Crippen LogP contribution is 2.14. The van der Waals surface area contributed by atoms with Gasteiger partial charge in [-0.15, -0.1) is 0 Å². The van der Waals surface area contributed by atoms with Gasteiger partial charge in [0, 0.05) is 19.2 Å². The lowest BCUT2D eigenvalue weighted by Gasteiger charge is -2.09. The van der Waals surface area contributed by atoms with Crippen molar-refractivity contribution in [2.75, 3.05) is 39.5 Å². The number of nitrogens with one attached hydrogen (secondary N) is 2. The number of halogens is 2. The Labute approximate surface area is 127 Å². The topological polar surface area (TPSA) is 79.8 Å². The van der Waals surface area contributed by atoms with Crippen LogP contribution in [0.2, 0.25) is 0 Å². The van der Waals surface area contributed by atoms with Crippen molar-refractivity contribution in [3.8, 4) is 5.75 Å². The fourth-order valence-electron chi connectivity index (χ4n) is 1.51. The molecular weight excluding hydrogens is 298 g/mol. The molecule has 0 fully saturated rings. The summed E-state index contributed by atoms with van der Waals surface area (Å²) in [6, 6.07) is 2.88. The zero-order valence-electron chi connectivity index (χ0n) is 12.1. The number of benzene rings is 1. The van der Waals surface area contributed by atoms with Gasteiger partial charge in [0.15, 0.2) is 11.6 Å². The standard InChI is InChI=1S/C14H20F2N2O4/c15-12-3-2-11(10-13(12)16)22-8-5-18-14(20)17-4-1-7-21-9-6-19/h2-3,10,19H,1,4-9H2,(H2,17,18,20). The number of hydrogen-bond donors (Lipinski definition) is 3. The number of carbonyl (C=O) groups is 1. The molecule has 2 amide bonds. The lowest BCUT2D eigenvalue weighted by atomic mass is 10.3. The van der Waals surface area contributed by atoms with Crippen LogP contribution >= 0.6 is 0 Å². The van der Waals surface area contributed by atoms with E-state index in [-0.39, 0.29) is 38.1 Å². The average molecular weight is 318 g/mol. The number of aliphatic hydroxyl groups excluding tert-OH is 1. The Kier molecular flexibility index (Phi) is 8.85. The maximum atomic E-state index is 12.9. The van der Waals surface area contributed by atoms with Gasteiger partial charge < -0.3 is 25.2 Å². The smallest absolute Gasteiger partial charge is 0.314 e. The van der Waals surface area contributed by atoms with Gasteiger partial charge in [0.25, 0.3) is 0 Å². The minimum atomic E-state index is -0.980. The highest BCUT2D eigenvalue weighted by molar-refractivity contribution is 5.73. The number of ether oxygens (including phenoxy) is 2. The van der Waals surface area contributed by atoms with Crippen LogP contribution in [0, 0.1) is 11.6 Å². The summed E-state index contributed by atoms with van der Waals surface area (Å²) in [4.78, 5) is 11.4. The average Bonchev–Trinajstić information content (AvgIpc) is 2.50. The summed E-state index contributed by atoms with van der Waals surface area (Å²) in [6.45, 7) is 1.53. The van der Waals surface area contributed by atoms with Crippen LogP contribution in [0.4, 0.5) is 13.6 Å². The summed E-state index contributed by atoms with van der Waals surface area (Å²) in [5, 5.41) is 13.7. The van der Waals surface area contributed by atoms with Crippen LogP contribution in [-0.4, -0.2) is 50.7 Å². The molecule has 1 rings (SSSR count). The molecular formula is C14H20F2N2O4. The van der Waals surface area contributed by atoms with Gasteiger partial charge in [0.2, 0.25) is 0 Å². The Hall–Kier alpha value is -1.93. The van der Waals surface area contributed by atoms with Gasteiger partial charge in [-0.25, -0.2) is 13.6 Å². The van der Waals surface area contributed by atoms with Crippen molar-refractivity contribution in [2.45, 2.75) is 6.42 Å². The summed E-state index contributed by atoms with van der Waals surface area (Å²) in [6.07, 6.45) is 0.638. The van der Waals surface area contributed by atoms with Crippen molar-refractivity contribution in [3.63, 3.8) is 0 Å². The summed E-state index contributed by atoms with van der Waals surface area (Å²) in [7, 11) is 0. The van der Waals surface area contributed by atoms with E-state index in [9.17, 15) is 13.6 Å². The van der Waals surface area contributed by atoms with Crippen LogP contribution in [-0.2, 0) is 4.74 Å². The van der Waals surface area contributed by atoms with Gasteiger partial charge in [0.1, 0.15) is 12.4 Å². The van der Waals surface area contributed by atoms with Gasteiger partial charge in [0.05, 0.1) is 19.8 Å². The molecule has 1 aromatic rings. The second-order valence-corrected chi connectivity index (χ2v) is 4.30. The molecule has 0 aromatic heterocycles. The van der Waals surface area contributed by atoms with E-state index >= 15 is 0 Å². The van der Waals surface area contributed by atoms with E-state index in [0.29, 0.717) is 19.6 Å². The van der Waals surface area contributed by atoms with Crippen molar-refractivity contribution in [3.05, 3.63) is 29.8 Å². The fourth-order valence-corrected chi connectivity index (χ4v) is 1.51. The number of hydrogen-bond acceptors (Lipinski definition) is 4. The van der Waals surface area contributed by atoms with E-state index in [1.54, 1.807) is 0 Å². The summed E-state index contributed by atoms with van der Waals surface area (Å²) in [5.74, 6) is -1.72. The molecule has 6 nitrogen and oxygen atoms in total. The molecule has 0 aliphatic rings. The van der Waals surface area contributed by atoms with Crippen molar-refractivity contribution in [2.24, 2.45) is 0 Å². The molecule has 1 aromatic carbocycles. The van der Waals surface area contributed by atoms with Crippen molar-refractivity contribution in [1.29, 1.82) is 0 Å². The highest BCUT2D eigenvalue weighted by atomic mass is 19.2. The summed E-state index contributed by atoms with van der Waals surface area (Å²) in [5.41, 5.74) is 0. The maximum Gasteiger partial charge on any atom is 0.314 e. The predicted molar refractivity (Wildman–Crippen MR) is 75.8 cm³/mol. The predicted octanol–water partition coefficient (Wildman–Crippen LogP) is 1.04. The van der Waals surface area contributed by atoms with Crippen LogP contribution in [0.3, 0.4) is 0 Å². The quantitative estimate of drug-likeness (QED) is 0.563. The normalized spacial score (nSPS) is 10.3. The molecule has 0 saturated carbocycles. The van der Waals surface area contributed by atoms with Gasteiger partial charge >= 0.3 is 6.03 Å². The van der Waals surface area contributed by atoms with E-state index in [0.717, 1.165) is 12.1 Å². The first-order valence-electron chi connectivity index (χ1n) is 6.91. The number of urea groups is 1.